The molecule has 0 saturated carbocycles. The number of amides is 1. The molecule has 0 unspecified atom stereocenters. The molecule has 0 radical (unpaired) electrons. The maximum atomic E-state index is 12.8. The molecule has 3 heterocycles. The number of aromatic nitrogens is 4. The molecule has 1 aromatic carbocycles. The molecule has 1 aliphatic heterocycles. The van der Waals surface area contributed by atoms with Crippen LogP contribution in [0.5, 0.6) is 11.5 Å². The van der Waals surface area contributed by atoms with Crippen LogP contribution in [0, 0.1) is 5.92 Å². The quantitative estimate of drug-likeness (QED) is 0.528. The summed E-state index contributed by atoms with van der Waals surface area (Å²) >= 11 is 0. The van der Waals surface area contributed by atoms with Crippen LogP contribution in [0.25, 0.3) is 0 Å². The third-order valence-corrected chi connectivity index (χ3v) is 6.05. The second-order valence-electron chi connectivity index (χ2n) is 8.76. The number of pyridine rings is 1. The molecule has 9 heteroatoms. The Morgan fingerprint density at radius 3 is 2.74 bits per heavy atom. The molecule has 0 bridgehead atoms. The Hall–Kier alpha value is -3.46. The van der Waals surface area contributed by atoms with E-state index in [1.54, 1.807) is 30.5 Å². The molecule has 3 aromatic rings. The molecule has 0 fully saturated rings. The van der Waals surface area contributed by atoms with Crippen LogP contribution in [0.4, 0.5) is 0 Å². The zero-order chi connectivity index (χ0) is 24.1. The average molecular weight is 465 g/mol. The summed E-state index contributed by atoms with van der Waals surface area (Å²) in [7, 11) is 0. The summed E-state index contributed by atoms with van der Waals surface area (Å²) in [5, 5.41) is 22.6. The molecule has 0 saturated heterocycles. The van der Waals surface area contributed by atoms with Gasteiger partial charge in [0, 0.05) is 44.4 Å². The molecule has 2 aromatic heterocycles. The first-order chi connectivity index (χ1) is 16.5. The van der Waals surface area contributed by atoms with E-state index in [0.717, 1.165) is 36.7 Å². The molecule has 180 valence electrons. The van der Waals surface area contributed by atoms with Crippen molar-refractivity contribution in [2.45, 2.75) is 46.3 Å². The van der Waals surface area contributed by atoms with Gasteiger partial charge in [-0.15, -0.1) is 10.2 Å². The van der Waals surface area contributed by atoms with Crippen molar-refractivity contribution in [2.24, 2.45) is 5.92 Å². The van der Waals surface area contributed by atoms with Crippen LogP contribution in [0.15, 0.2) is 42.6 Å². The highest BCUT2D eigenvalue weighted by molar-refractivity contribution is 5.92. The Bertz CT molecular complexity index is 1120. The molecule has 1 aliphatic rings. The SMILES string of the molecule is CCOc1cccc(CN2CCc3nnc([C@@H](NC(=O)c4ccccn4)C(C)C)n3CC2)c1O. The Labute approximate surface area is 199 Å². The number of carbonyl (C=O) groups excluding carboxylic acids is 1. The molecule has 9 nitrogen and oxygen atoms in total. The van der Waals surface area contributed by atoms with Crippen molar-refractivity contribution in [3.05, 3.63) is 65.5 Å². The van der Waals surface area contributed by atoms with Gasteiger partial charge in [0.1, 0.15) is 11.5 Å². The predicted octanol–water partition coefficient (Wildman–Crippen LogP) is 2.96. The van der Waals surface area contributed by atoms with E-state index < -0.39 is 0 Å². The predicted molar refractivity (Wildman–Crippen MR) is 128 cm³/mol. The maximum absolute atomic E-state index is 12.8. The summed E-state index contributed by atoms with van der Waals surface area (Å²) in [4.78, 5) is 19.2. The number of aromatic hydroxyl groups is 1. The topological polar surface area (TPSA) is 105 Å². The second-order valence-corrected chi connectivity index (χ2v) is 8.76. The molecular formula is C25H32N6O3. The lowest BCUT2D eigenvalue weighted by Gasteiger charge is -2.23. The van der Waals surface area contributed by atoms with Crippen molar-refractivity contribution >= 4 is 5.91 Å². The van der Waals surface area contributed by atoms with Gasteiger partial charge in [-0.25, -0.2) is 0 Å². The minimum absolute atomic E-state index is 0.124. The molecule has 34 heavy (non-hydrogen) atoms. The number of ether oxygens (including phenoxy) is 1. The zero-order valence-corrected chi connectivity index (χ0v) is 19.9. The van der Waals surface area contributed by atoms with Gasteiger partial charge in [-0.05, 0) is 31.0 Å². The molecule has 1 amide bonds. The number of benzene rings is 1. The highest BCUT2D eigenvalue weighted by Gasteiger charge is 2.28. The van der Waals surface area contributed by atoms with Gasteiger partial charge >= 0.3 is 0 Å². The standard InChI is InChI=1S/C25H32N6O3/c1-4-34-20-10-7-8-18(23(20)32)16-30-13-11-21-28-29-24(31(21)15-14-30)22(17(2)3)27-25(33)19-9-5-6-12-26-19/h5-10,12,17,22,32H,4,11,13-16H2,1-3H3,(H,27,33)/t22-/m0/s1. The van der Waals surface area contributed by atoms with Crippen LogP contribution in [-0.4, -0.2) is 55.4 Å². The second kappa shape index (κ2) is 10.6. The average Bonchev–Trinajstić information content (AvgIpc) is 3.13. The van der Waals surface area contributed by atoms with Gasteiger partial charge < -0.3 is 19.7 Å². The van der Waals surface area contributed by atoms with Crippen molar-refractivity contribution in [1.82, 2.24) is 30.0 Å². The monoisotopic (exact) mass is 464 g/mol. The van der Waals surface area contributed by atoms with Crippen LogP contribution in [0.3, 0.4) is 0 Å². The summed E-state index contributed by atoms with van der Waals surface area (Å²) in [5.41, 5.74) is 1.22. The minimum atomic E-state index is -0.283. The third-order valence-electron chi connectivity index (χ3n) is 6.05. The fourth-order valence-corrected chi connectivity index (χ4v) is 4.23. The number of carbonyl (C=O) groups is 1. The van der Waals surface area contributed by atoms with E-state index in [0.29, 0.717) is 31.1 Å². The fourth-order valence-electron chi connectivity index (χ4n) is 4.23. The van der Waals surface area contributed by atoms with Crippen molar-refractivity contribution in [3.8, 4) is 11.5 Å². The van der Waals surface area contributed by atoms with E-state index in [2.05, 4.69) is 43.8 Å². The Morgan fingerprint density at radius 1 is 1.15 bits per heavy atom. The molecule has 0 aliphatic carbocycles. The number of rotatable bonds is 8. The van der Waals surface area contributed by atoms with Crippen molar-refractivity contribution in [2.75, 3.05) is 19.7 Å². The van der Waals surface area contributed by atoms with E-state index in [-0.39, 0.29) is 23.6 Å². The van der Waals surface area contributed by atoms with Crippen LogP contribution in [-0.2, 0) is 19.5 Å². The molecule has 2 N–H and O–H groups in total. The molecule has 0 spiro atoms. The third kappa shape index (κ3) is 5.20. The van der Waals surface area contributed by atoms with Crippen LogP contribution in [0.2, 0.25) is 0 Å². The lowest BCUT2D eigenvalue weighted by molar-refractivity contribution is 0.0916. The fraction of sp³-hybridized carbons (Fsp3) is 0.440. The van der Waals surface area contributed by atoms with Gasteiger partial charge in [0.2, 0.25) is 0 Å². The van der Waals surface area contributed by atoms with Gasteiger partial charge in [0.15, 0.2) is 17.3 Å². The maximum Gasteiger partial charge on any atom is 0.270 e. The van der Waals surface area contributed by atoms with Crippen LogP contribution < -0.4 is 10.1 Å². The summed E-state index contributed by atoms with van der Waals surface area (Å²) in [6.07, 6.45) is 2.34. The number of hydrogen-bond donors (Lipinski definition) is 2. The highest BCUT2D eigenvalue weighted by atomic mass is 16.5. The van der Waals surface area contributed by atoms with E-state index in [9.17, 15) is 9.90 Å². The van der Waals surface area contributed by atoms with E-state index in [1.165, 1.54) is 0 Å². The number of phenolic OH excluding ortho intramolecular Hbond substituents is 1. The van der Waals surface area contributed by atoms with Gasteiger partial charge in [-0.2, -0.15) is 0 Å². The van der Waals surface area contributed by atoms with E-state index in [4.69, 9.17) is 4.74 Å². The van der Waals surface area contributed by atoms with Crippen molar-refractivity contribution in [3.63, 3.8) is 0 Å². The number of nitrogens with one attached hydrogen (secondary N) is 1. The molecule has 1 atom stereocenters. The summed E-state index contributed by atoms with van der Waals surface area (Å²) in [6, 6.07) is 10.6. The number of hydrogen-bond acceptors (Lipinski definition) is 7. The number of fused-ring (bicyclic) bond motifs is 1. The molecule has 4 rings (SSSR count). The minimum Gasteiger partial charge on any atom is -0.504 e. The number of phenols is 1. The Kier molecular flexibility index (Phi) is 7.42. The largest absolute Gasteiger partial charge is 0.504 e. The van der Waals surface area contributed by atoms with E-state index in [1.807, 2.05) is 19.1 Å². The van der Waals surface area contributed by atoms with Gasteiger partial charge in [0.25, 0.3) is 5.91 Å². The normalized spacial score (nSPS) is 14.9. The zero-order valence-electron chi connectivity index (χ0n) is 19.9. The summed E-state index contributed by atoms with van der Waals surface area (Å²) in [5.74, 6) is 2.28. The summed E-state index contributed by atoms with van der Waals surface area (Å²) in [6.45, 7) is 9.40. The first-order valence-electron chi connectivity index (χ1n) is 11.8. The first-order valence-corrected chi connectivity index (χ1v) is 11.8. The van der Waals surface area contributed by atoms with Gasteiger partial charge in [-0.3, -0.25) is 14.7 Å². The van der Waals surface area contributed by atoms with Crippen molar-refractivity contribution < 1.29 is 14.6 Å². The number of para-hydroxylation sites is 1. The molecular weight excluding hydrogens is 432 g/mol. The van der Waals surface area contributed by atoms with Crippen molar-refractivity contribution in [1.29, 1.82) is 0 Å². The van der Waals surface area contributed by atoms with Crippen LogP contribution in [0.1, 0.15) is 54.5 Å². The lowest BCUT2D eigenvalue weighted by atomic mass is 10.0. The Balaban J connectivity index is 1.48. The Morgan fingerprint density at radius 2 is 2.00 bits per heavy atom. The van der Waals surface area contributed by atoms with Crippen LogP contribution >= 0.6 is 0 Å². The van der Waals surface area contributed by atoms with E-state index >= 15 is 0 Å². The highest BCUT2D eigenvalue weighted by Crippen LogP contribution is 2.31. The summed E-state index contributed by atoms with van der Waals surface area (Å²) < 4.78 is 7.65. The lowest BCUT2D eigenvalue weighted by Crippen LogP contribution is -2.34. The van der Waals surface area contributed by atoms with Gasteiger partial charge in [-0.1, -0.05) is 32.0 Å². The number of nitrogens with zero attached hydrogens (tertiary/aromatic N) is 5. The first kappa shape index (κ1) is 23.7. The smallest absolute Gasteiger partial charge is 0.270 e. The van der Waals surface area contributed by atoms with Gasteiger partial charge in [0.05, 0.1) is 12.6 Å².